The number of hydrogen-bond donors (Lipinski definition) is 0. The first-order valence-corrected chi connectivity index (χ1v) is 6.91. The molecule has 0 amide bonds. The van der Waals surface area contributed by atoms with Gasteiger partial charge in [-0.2, -0.15) is 0 Å². The van der Waals surface area contributed by atoms with E-state index in [1.54, 1.807) is 18.2 Å². The van der Waals surface area contributed by atoms with Gasteiger partial charge in [0.15, 0.2) is 5.78 Å². The zero-order valence-electron chi connectivity index (χ0n) is 12.3. The minimum atomic E-state index is -0.503. The minimum Gasteiger partial charge on any atom is -0.489 e. The van der Waals surface area contributed by atoms with Crippen molar-refractivity contribution < 1.29 is 14.5 Å². The van der Waals surface area contributed by atoms with E-state index in [1.165, 1.54) is 30.3 Å². The number of hydrogen-bond acceptors (Lipinski definition) is 4. The minimum absolute atomic E-state index is 0.0475. The number of allylic oxidation sites excluding steroid dienone is 1. The molecule has 0 atom stereocenters. The topological polar surface area (TPSA) is 69.4 Å². The molecule has 5 heteroatoms. The molecular weight excluding hydrogens is 294 g/mol. The highest BCUT2D eigenvalue weighted by atomic mass is 16.6. The number of carbonyl (C=O) groups excluding carboxylic acids is 1. The molecule has 0 radical (unpaired) electrons. The number of ketones is 1. The maximum Gasteiger partial charge on any atom is 0.269 e. The average molecular weight is 309 g/mol. The Hall–Kier alpha value is -3.21. The summed E-state index contributed by atoms with van der Waals surface area (Å²) in [6.07, 6.45) is 4.71. The molecule has 0 saturated heterocycles. The molecule has 0 aromatic heterocycles. The van der Waals surface area contributed by atoms with Crippen LogP contribution >= 0.6 is 0 Å². The van der Waals surface area contributed by atoms with Crippen molar-refractivity contribution in [1.82, 2.24) is 0 Å². The molecule has 0 aliphatic carbocycles. The molecule has 0 N–H and O–H groups in total. The van der Waals surface area contributed by atoms with Gasteiger partial charge in [-0.1, -0.05) is 30.9 Å². The second-order valence-corrected chi connectivity index (χ2v) is 4.64. The Morgan fingerprint density at radius 3 is 2.52 bits per heavy atom. The maximum atomic E-state index is 12.1. The number of ether oxygens (including phenoxy) is 1. The molecule has 0 aliphatic heterocycles. The number of nitrogens with zero attached hydrogens (tertiary/aromatic N) is 1. The molecule has 0 spiro atoms. The Bertz CT molecular complexity index is 748. The normalized spacial score (nSPS) is 10.4. The van der Waals surface area contributed by atoms with Crippen molar-refractivity contribution in [2.45, 2.75) is 0 Å². The molecule has 2 aromatic rings. The van der Waals surface area contributed by atoms with Crippen LogP contribution < -0.4 is 4.74 Å². The van der Waals surface area contributed by atoms with Gasteiger partial charge in [0.25, 0.3) is 5.69 Å². The van der Waals surface area contributed by atoms with E-state index in [0.29, 0.717) is 17.9 Å². The van der Waals surface area contributed by atoms with Crippen molar-refractivity contribution in [1.29, 1.82) is 0 Å². The molecule has 0 heterocycles. The van der Waals surface area contributed by atoms with Gasteiger partial charge in [-0.05, 0) is 30.4 Å². The van der Waals surface area contributed by atoms with Gasteiger partial charge >= 0.3 is 0 Å². The molecule has 0 saturated carbocycles. The summed E-state index contributed by atoms with van der Waals surface area (Å²) in [5.74, 6) is 0.415. The van der Waals surface area contributed by atoms with Crippen molar-refractivity contribution in [2.75, 3.05) is 6.61 Å². The lowest BCUT2D eigenvalue weighted by Gasteiger charge is -2.06. The number of non-ortho nitro benzene ring substituents is 1. The van der Waals surface area contributed by atoms with Gasteiger partial charge in [0.05, 0.1) is 4.92 Å². The fourth-order valence-corrected chi connectivity index (χ4v) is 1.91. The van der Waals surface area contributed by atoms with E-state index >= 15 is 0 Å². The molecule has 0 fully saturated rings. The monoisotopic (exact) mass is 309 g/mol. The fourth-order valence-electron chi connectivity index (χ4n) is 1.91. The van der Waals surface area contributed by atoms with Crippen LogP contribution in [-0.4, -0.2) is 17.3 Å². The molecule has 23 heavy (non-hydrogen) atoms. The van der Waals surface area contributed by atoms with Gasteiger partial charge in [-0.25, -0.2) is 0 Å². The average Bonchev–Trinajstić information content (AvgIpc) is 2.58. The van der Waals surface area contributed by atoms with Crippen LogP contribution in [-0.2, 0) is 0 Å². The third kappa shape index (κ3) is 4.38. The smallest absolute Gasteiger partial charge is 0.269 e. The van der Waals surface area contributed by atoms with Crippen LogP contribution in [0.15, 0.2) is 67.3 Å². The Morgan fingerprint density at radius 2 is 1.87 bits per heavy atom. The van der Waals surface area contributed by atoms with Crippen molar-refractivity contribution in [3.63, 3.8) is 0 Å². The molecule has 5 nitrogen and oxygen atoms in total. The maximum absolute atomic E-state index is 12.1. The number of nitro groups is 1. The number of rotatable bonds is 7. The first-order chi connectivity index (χ1) is 11.1. The molecule has 0 unspecified atom stereocenters. The summed E-state index contributed by atoms with van der Waals surface area (Å²) in [5.41, 5.74) is 1.11. The quantitative estimate of drug-likeness (QED) is 0.254. The highest BCUT2D eigenvalue weighted by Crippen LogP contribution is 2.20. The molecule has 0 aliphatic rings. The van der Waals surface area contributed by atoms with Crippen molar-refractivity contribution in [3.05, 3.63) is 88.5 Å². The van der Waals surface area contributed by atoms with Gasteiger partial charge in [-0.15, -0.1) is 0 Å². The summed E-state index contributed by atoms with van der Waals surface area (Å²) in [6.45, 7) is 3.97. The van der Waals surface area contributed by atoms with Crippen LogP contribution in [0, 0.1) is 10.1 Å². The van der Waals surface area contributed by atoms with Crippen LogP contribution in [0.25, 0.3) is 6.08 Å². The first-order valence-electron chi connectivity index (χ1n) is 6.91. The van der Waals surface area contributed by atoms with Crippen molar-refractivity contribution in [3.8, 4) is 5.75 Å². The lowest BCUT2D eigenvalue weighted by molar-refractivity contribution is -0.384. The number of benzene rings is 2. The predicted octanol–water partition coefficient (Wildman–Crippen LogP) is 4.06. The molecule has 0 bridgehead atoms. The van der Waals surface area contributed by atoms with Crippen LogP contribution in [0.1, 0.15) is 15.9 Å². The Kier molecular flexibility index (Phi) is 5.41. The summed E-state index contributed by atoms with van der Waals surface area (Å²) in [6, 6.07) is 12.8. The number of carbonyl (C=O) groups is 1. The first kappa shape index (κ1) is 16.2. The zero-order chi connectivity index (χ0) is 16.7. The highest BCUT2D eigenvalue weighted by Gasteiger charge is 2.07. The largest absolute Gasteiger partial charge is 0.489 e. The highest BCUT2D eigenvalue weighted by molar-refractivity contribution is 6.07. The second-order valence-electron chi connectivity index (χ2n) is 4.64. The molecular formula is C18H15NO4. The van der Waals surface area contributed by atoms with Gasteiger partial charge in [0, 0.05) is 23.3 Å². The number of nitro benzene ring substituents is 1. The SMILES string of the molecule is C=CCOc1ccccc1/C=C/C(=O)c1ccc([N+](=O)[O-])cc1. The van der Waals surface area contributed by atoms with E-state index in [9.17, 15) is 14.9 Å². The van der Waals surface area contributed by atoms with Gasteiger partial charge in [-0.3, -0.25) is 14.9 Å². The van der Waals surface area contributed by atoms with Crippen molar-refractivity contribution >= 4 is 17.5 Å². The Morgan fingerprint density at radius 1 is 1.17 bits per heavy atom. The van der Waals surface area contributed by atoms with Crippen LogP contribution in [0.2, 0.25) is 0 Å². The number of para-hydroxylation sites is 1. The Balaban J connectivity index is 2.14. The lowest BCUT2D eigenvalue weighted by atomic mass is 10.1. The third-order valence-corrected chi connectivity index (χ3v) is 3.05. The summed E-state index contributed by atoms with van der Waals surface area (Å²) in [5, 5.41) is 10.6. The standard InChI is InChI=1S/C18H15NO4/c1-2-13-23-18-6-4-3-5-15(18)9-12-17(20)14-7-10-16(11-8-14)19(21)22/h2-12H,1,13H2/b12-9+. The Labute approximate surface area is 133 Å². The summed E-state index contributed by atoms with van der Waals surface area (Å²) in [7, 11) is 0. The van der Waals surface area contributed by atoms with E-state index in [0.717, 1.165) is 5.56 Å². The van der Waals surface area contributed by atoms with E-state index in [2.05, 4.69) is 6.58 Å². The second kappa shape index (κ2) is 7.70. The molecule has 2 rings (SSSR count). The molecule has 116 valence electrons. The van der Waals surface area contributed by atoms with E-state index in [4.69, 9.17) is 4.74 Å². The van der Waals surface area contributed by atoms with E-state index < -0.39 is 4.92 Å². The fraction of sp³-hybridized carbons (Fsp3) is 0.0556. The van der Waals surface area contributed by atoms with Crippen LogP contribution in [0.4, 0.5) is 5.69 Å². The lowest BCUT2D eigenvalue weighted by Crippen LogP contribution is -1.96. The van der Waals surface area contributed by atoms with Gasteiger partial charge in [0.2, 0.25) is 0 Å². The van der Waals surface area contributed by atoms with Crippen molar-refractivity contribution in [2.24, 2.45) is 0 Å². The molecule has 2 aromatic carbocycles. The van der Waals surface area contributed by atoms with Crippen LogP contribution in [0.3, 0.4) is 0 Å². The summed E-state index contributed by atoms with van der Waals surface area (Å²) >= 11 is 0. The van der Waals surface area contributed by atoms with Crippen LogP contribution in [0.5, 0.6) is 5.75 Å². The van der Waals surface area contributed by atoms with E-state index in [1.807, 2.05) is 18.2 Å². The summed E-state index contributed by atoms with van der Waals surface area (Å²) < 4.78 is 5.51. The van der Waals surface area contributed by atoms with Gasteiger partial charge < -0.3 is 4.74 Å². The van der Waals surface area contributed by atoms with Gasteiger partial charge in [0.1, 0.15) is 12.4 Å². The summed E-state index contributed by atoms with van der Waals surface area (Å²) in [4.78, 5) is 22.2. The zero-order valence-corrected chi connectivity index (χ0v) is 12.3. The third-order valence-electron chi connectivity index (χ3n) is 3.05. The van der Waals surface area contributed by atoms with E-state index in [-0.39, 0.29) is 11.5 Å². The predicted molar refractivity (Wildman–Crippen MR) is 88.6 cm³/mol.